The van der Waals surface area contributed by atoms with Crippen LogP contribution in [0.1, 0.15) is 38.3 Å². The minimum Gasteiger partial charge on any atom is -0.301 e. The van der Waals surface area contributed by atoms with Crippen molar-refractivity contribution in [2.24, 2.45) is 0 Å². The summed E-state index contributed by atoms with van der Waals surface area (Å²) in [7, 11) is 0. The standard InChI is InChI=1S/C11H18FN3/c1-8(2)15-5-3-9(4-6-15)11-10(12)7-13-14-11/h7-9H,3-6H2,1-2H3,(H,13,14). The summed E-state index contributed by atoms with van der Waals surface area (Å²) in [5.41, 5.74) is 0.693. The monoisotopic (exact) mass is 211 g/mol. The van der Waals surface area contributed by atoms with Crippen molar-refractivity contribution in [2.75, 3.05) is 13.1 Å². The first-order valence-electron chi connectivity index (χ1n) is 5.61. The Hall–Kier alpha value is -0.900. The van der Waals surface area contributed by atoms with Crippen molar-refractivity contribution >= 4 is 0 Å². The molecule has 1 aromatic rings. The van der Waals surface area contributed by atoms with Crippen LogP contribution in [0.3, 0.4) is 0 Å². The topological polar surface area (TPSA) is 31.9 Å². The van der Waals surface area contributed by atoms with Crippen LogP contribution in [0.15, 0.2) is 6.20 Å². The Morgan fingerprint density at radius 3 is 2.60 bits per heavy atom. The molecule has 3 nitrogen and oxygen atoms in total. The van der Waals surface area contributed by atoms with Gasteiger partial charge < -0.3 is 4.90 Å². The lowest BCUT2D eigenvalue weighted by atomic mass is 9.93. The molecule has 2 rings (SSSR count). The molecule has 0 radical (unpaired) electrons. The quantitative estimate of drug-likeness (QED) is 0.812. The number of nitrogens with one attached hydrogen (secondary N) is 1. The molecule has 1 saturated heterocycles. The number of H-pyrrole nitrogens is 1. The first-order chi connectivity index (χ1) is 7.18. The van der Waals surface area contributed by atoms with Crippen molar-refractivity contribution < 1.29 is 4.39 Å². The number of likely N-dealkylation sites (tertiary alicyclic amines) is 1. The summed E-state index contributed by atoms with van der Waals surface area (Å²) in [5, 5.41) is 6.51. The lowest BCUT2D eigenvalue weighted by molar-refractivity contribution is 0.169. The summed E-state index contributed by atoms with van der Waals surface area (Å²) < 4.78 is 13.3. The van der Waals surface area contributed by atoms with Crippen molar-refractivity contribution in [2.45, 2.75) is 38.6 Å². The van der Waals surface area contributed by atoms with Gasteiger partial charge in [-0.25, -0.2) is 4.39 Å². The highest BCUT2D eigenvalue weighted by Crippen LogP contribution is 2.28. The van der Waals surface area contributed by atoms with Gasteiger partial charge in [-0.3, -0.25) is 5.10 Å². The van der Waals surface area contributed by atoms with Crippen LogP contribution < -0.4 is 0 Å². The Balaban J connectivity index is 1.97. The minimum absolute atomic E-state index is 0.182. The van der Waals surface area contributed by atoms with E-state index in [4.69, 9.17) is 0 Å². The average Bonchev–Trinajstić information content (AvgIpc) is 2.65. The molecule has 0 aromatic carbocycles. The zero-order valence-corrected chi connectivity index (χ0v) is 9.33. The van der Waals surface area contributed by atoms with Gasteiger partial charge in [0.2, 0.25) is 0 Å². The van der Waals surface area contributed by atoms with Gasteiger partial charge >= 0.3 is 0 Å². The van der Waals surface area contributed by atoms with Gasteiger partial charge in [0.25, 0.3) is 0 Å². The molecule has 0 spiro atoms. The van der Waals surface area contributed by atoms with Gasteiger partial charge in [0.1, 0.15) is 0 Å². The number of aromatic nitrogens is 2. The third-order valence-electron chi connectivity index (χ3n) is 3.29. The third kappa shape index (κ3) is 2.20. The molecular formula is C11H18FN3. The molecule has 0 atom stereocenters. The highest BCUT2D eigenvalue weighted by atomic mass is 19.1. The molecule has 1 fully saturated rings. The molecule has 1 aromatic heterocycles. The van der Waals surface area contributed by atoms with Crippen LogP contribution in [-0.4, -0.2) is 34.2 Å². The highest BCUT2D eigenvalue weighted by Gasteiger charge is 2.24. The van der Waals surface area contributed by atoms with Crippen LogP contribution in [0.5, 0.6) is 0 Å². The zero-order chi connectivity index (χ0) is 10.8. The van der Waals surface area contributed by atoms with Gasteiger partial charge in [0.05, 0.1) is 11.9 Å². The largest absolute Gasteiger partial charge is 0.301 e. The predicted octanol–water partition coefficient (Wildman–Crippen LogP) is 2.14. The van der Waals surface area contributed by atoms with E-state index in [1.807, 2.05) is 0 Å². The van der Waals surface area contributed by atoms with E-state index in [-0.39, 0.29) is 5.82 Å². The van der Waals surface area contributed by atoms with Crippen LogP contribution in [0.2, 0.25) is 0 Å². The van der Waals surface area contributed by atoms with Crippen molar-refractivity contribution in [1.29, 1.82) is 0 Å². The third-order valence-corrected chi connectivity index (χ3v) is 3.29. The van der Waals surface area contributed by atoms with Crippen LogP contribution in [0.25, 0.3) is 0 Å². The summed E-state index contributed by atoms with van der Waals surface area (Å²) in [4.78, 5) is 2.44. The fourth-order valence-corrected chi connectivity index (χ4v) is 2.27. The summed E-state index contributed by atoms with van der Waals surface area (Å²) in [6, 6.07) is 0.595. The van der Waals surface area contributed by atoms with Gasteiger partial charge in [-0.15, -0.1) is 0 Å². The van der Waals surface area contributed by atoms with Crippen LogP contribution >= 0.6 is 0 Å². The number of hydrogen-bond acceptors (Lipinski definition) is 2. The van der Waals surface area contributed by atoms with E-state index >= 15 is 0 Å². The molecule has 1 aliphatic rings. The molecule has 0 saturated carbocycles. The predicted molar refractivity (Wildman–Crippen MR) is 57.2 cm³/mol. The number of hydrogen-bond donors (Lipinski definition) is 1. The molecule has 0 bridgehead atoms. The van der Waals surface area contributed by atoms with E-state index in [0.29, 0.717) is 17.7 Å². The SMILES string of the molecule is CC(C)N1CCC(c2[nH]ncc2F)CC1. The highest BCUT2D eigenvalue weighted by molar-refractivity contribution is 5.09. The van der Waals surface area contributed by atoms with E-state index in [9.17, 15) is 4.39 Å². The molecule has 2 heterocycles. The number of aromatic amines is 1. The minimum atomic E-state index is -0.182. The maximum absolute atomic E-state index is 13.3. The second kappa shape index (κ2) is 4.31. The Kier molecular flexibility index (Phi) is 3.05. The van der Waals surface area contributed by atoms with Crippen LogP contribution in [0, 0.1) is 5.82 Å². The van der Waals surface area contributed by atoms with Crippen molar-refractivity contribution in [3.8, 4) is 0 Å². The van der Waals surface area contributed by atoms with Gasteiger partial charge in [-0.2, -0.15) is 5.10 Å². The second-order valence-electron chi connectivity index (χ2n) is 4.54. The number of nitrogens with zero attached hydrogens (tertiary/aromatic N) is 2. The summed E-state index contributed by atoms with van der Waals surface area (Å²) in [6.07, 6.45) is 3.32. The molecule has 84 valence electrons. The van der Waals surface area contributed by atoms with Crippen molar-refractivity contribution in [3.05, 3.63) is 17.7 Å². The summed E-state index contributed by atoms with van der Waals surface area (Å²) in [5.74, 6) is 0.139. The average molecular weight is 211 g/mol. The smallest absolute Gasteiger partial charge is 0.164 e. The molecule has 0 aliphatic carbocycles. The first kappa shape index (κ1) is 10.6. The molecule has 0 unspecified atom stereocenters. The molecule has 0 amide bonds. The molecule has 1 N–H and O–H groups in total. The van der Waals surface area contributed by atoms with Crippen LogP contribution in [0.4, 0.5) is 4.39 Å². The first-order valence-corrected chi connectivity index (χ1v) is 5.61. The lowest BCUT2D eigenvalue weighted by Gasteiger charge is -2.34. The molecular weight excluding hydrogens is 193 g/mol. The summed E-state index contributed by atoms with van der Waals surface area (Å²) >= 11 is 0. The van der Waals surface area contributed by atoms with Crippen molar-refractivity contribution in [3.63, 3.8) is 0 Å². The van der Waals surface area contributed by atoms with Crippen molar-refractivity contribution in [1.82, 2.24) is 15.1 Å². The van der Waals surface area contributed by atoms with E-state index in [1.165, 1.54) is 6.20 Å². The van der Waals surface area contributed by atoms with Gasteiger partial charge in [0, 0.05) is 12.0 Å². The Morgan fingerprint density at radius 1 is 1.47 bits per heavy atom. The maximum Gasteiger partial charge on any atom is 0.164 e. The molecule has 4 heteroatoms. The van der Waals surface area contributed by atoms with Gasteiger partial charge in [-0.05, 0) is 39.8 Å². The van der Waals surface area contributed by atoms with Gasteiger partial charge in [-0.1, -0.05) is 0 Å². The second-order valence-corrected chi connectivity index (χ2v) is 4.54. The lowest BCUT2D eigenvalue weighted by Crippen LogP contribution is -2.38. The number of halogens is 1. The van der Waals surface area contributed by atoms with E-state index in [1.54, 1.807) is 0 Å². The summed E-state index contributed by atoms with van der Waals surface area (Å²) in [6.45, 7) is 6.52. The Morgan fingerprint density at radius 2 is 2.13 bits per heavy atom. The normalized spacial score (nSPS) is 20.0. The van der Waals surface area contributed by atoms with E-state index < -0.39 is 0 Å². The molecule has 15 heavy (non-hydrogen) atoms. The fraction of sp³-hybridized carbons (Fsp3) is 0.727. The Labute approximate surface area is 89.7 Å². The molecule has 1 aliphatic heterocycles. The number of rotatable bonds is 2. The fourth-order valence-electron chi connectivity index (χ4n) is 2.27. The Bertz CT molecular complexity index is 313. The number of piperidine rings is 1. The van der Waals surface area contributed by atoms with E-state index in [2.05, 4.69) is 28.9 Å². The zero-order valence-electron chi connectivity index (χ0n) is 9.33. The maximum atomic E-state index is 13.3. The van der Waals surface area contributed by atoms with Crippen LogP contribution in [-0.2, 0) is 0 Å². The van der Waals surface area contributed by atoms with E-state index in [0.717, 1.165) is 25.9 Å². The van der Waals surface area contributed by atoms with Gasteiger partial charge in [0.15, 0.2) is 5.82 Å².